The van der Waals surface area contributed by atoms with Crippen LogP contribution in [0.2, 0.25) is 0 Å². The van der Waals surface area contributed by atoms with Gasteiger partial charge in [0.15, 0.2) is 11.5 Å². The van der Waals surface area contributed by atoms with Crippen LogP contribution in [0, 0.1) is 0 Å². The molecule has 2 rings (SSSR count). The summed E-state index contributed by atoms with van der Waals surface area (Å²) in [7, 11) is 6.05. The van der Waals surface area contributed by atoms with Gasteiger partial charge in [-0.25, -0.2) is 5.43 Å². The number of carbonyl (C=O) groups is 2. The van der Waals surface area contributed by atoms with Gasteiger partial charge in [0.1, 0.15) is 11.5 Å². The van der Waals surface area contributed by atoms with Crippen molar-refractivity contribution >= 4 is 18.0 Å². The molecule has 9 nitrogen and oxygen atoms in total. The number of methoxy groups -OCH3 is 4. The molecule has 9 heteroatoms. The molecule has 2 N–H and O–H groups in total. The van der Waals surface area contributed by atoms with Gasteiger partial charge in [-0.15, -0.1) is 0 Å². The minimum absolute atomic E-state index is 0.248. The Morgan fingerprint density at radius 2 is 1.55 bits per heavy atom. The number of ether oxygens (including phenoxy) is 4. The molecule has 0 bridgehead atoms. The van der Waals surface area contributed by atoms with Crippen molar-refractivity contribution in [2.24, 2.45) is 5.10 Å². The van der Waals surface area contributed by atoms with Gasteiger partial charge in [-0.3, -0.25) is 9.59 Å². The summed E-state index contributed by atoms with van der Waals surface area (Å²) in [5.74, 6) is 1.15. The summed E-state index contributed by atoms with van der Waals surface area (Å²) in [6.45, 7) is -0.248. The normalized spacial score (nSPS) is 10.3. The molecule has 0 aromatic heterocycles. The van der Waals surface area contributed by atoms with Crippen LogP contribution < -0.4 is 29.7 Å². The van der Waals surface area contributed by atoms with Crippen LogP contribution in [-0.2, 0) is 4.79 Å². The Kier molecular flexibility index (Phi) is 7.84. The van der Waals surface area contributed by atoms with Crippen molar-refractivity contribution < 1.29 is 28.5 Å². The summed E-state index contributed by atoms with van der Waals surface area (Å²) in [4.78, 5) is 24.2. The van der Waals surface area contributed by atoms with Gasteiger partial charge in [0, 0.05) is 11.6 Å². The average Bonchev–Trinajstić information content (AvgIpc) is 2.76. The highest BCUT2D eigenvalue weighted by molar-refractivity contribution is 5.97. The van der Waals surface area contributed by atoms with E-state index in [9.17, 15) is 9.59 Å². The van der Waals surface area contributed by atoms with E-state index in [1.54, 1.807) is 43.5 Å². The van der Waals surface area contributed by atoms with Gasteiger partial charge in [-0.05, 0) is 35.9 Å². The van der Waals surface area contributed by atoms with Gasteiger partial charge < -0.3 is 24.3 Å². The van der Waals surface area contributed by atoms with Crippen LogP contribution in [0.15, 0.2) is 41.5 Å². The maximum absolute atomic E-state index is 12.2. The van der Waals surface area contributed by atoms with E-state index < -0.39 is 11.8 Å². The Morgan fingerprint density at radius 1 is 0.897 bits per heavy atom. The van der Waals surface area contributed by atoms with E-state index in [0.717, 1.165) is 0 Å². The third kappa shape index (κ3) is 6.13. The molecular formula is C20H23N3O6. The number of carbonyl (C=O) groups excluding carboxylic acids is 2. The maximum Gasteiger partial charge on any atom is 0.259 e. The van der Waals surface area contributed by atoms with Gasteiger partial charge in [0.05, 0.1) is 41.2 Å². The van der Waals surface area contributed by atoms with Crippen LogP contribution in [0.25, 0.3) is 0 Å². The van der Waals surface area contributed by atoms with E-state index in [1.165, 1.54) is 27.5 Å². The van der Waals surface area contributed by atoms with E-state index in [2.05, 4.69) is 15.8 Å². The van der Waals surface area contributed by atoms with Crippen molar-refractivity contribution in [3.8, 4) is 23.0 Å². The van der Waals surface area contributed by atoms with E-state index in [0.29, 0.717) is 34.1 Å². The summed E-state index contributed by atoms with van der Waals surface area (Å²) >= 11 is 0. The van der Waals surface area contributed by atoms with Gasteiger partial charge in [0.2, 0.25) is 0 Å². The standard InChI is InChI=1S/C20H23N3O6/c1-26-15-8-14(9-16(10-15)27-2)20(25)21-12-19(24)23-22-11-13-5-6-17(28-3)18(7-13)29-4/h5-11H,12H2,1-4H3,(H,21,25)(H,23,24). The summed E-state index contributed by atoms with van der Waals surface area (Å²) in [6.07, 6.45) is 1.45. The van der Waals surface area contributed by atoms with Crippen LogP contribution in [0.3, 0.4) is 0 Å². The first kappa shape index (κ1) is 21.5. The van der Waals surface area contributed by atoms with Gasteiger partial charge in [-0.1, -0.05) is 0 Å². The molecule has 0 aliphatic rings. The van der Waals surface area contributed by atoms with Crippen molar-refractivity contribution in [1.29, 1.82) is 0 Å². The Balaban J connectivity index is 1.90. The lowest BCUT2D eigenvalue weighted by molar-refractivity contribution is -0.120. The first-order chi connectivity index (χ1) is 14.0. The third-order valence-electron chi connectivity index (χ3n) is 3.83. The Labute approximate surface area is 168 Å². The molecule has 29 heavy (non-hydrogen) atoms. The molecule has 2 amide bonds. The second-order valence-electron chi connectivity index (χ2n) is 5.69. The third-order valence-corrected chi connectivity index (χ3v) is 3.83. The minimum atomic E-state index is -0.482. The van der Waals surface area contributed by atoms with Crippen LogP contribution in [0.1, 0.15) is 15.9 Å². The first-order valence-corrected chi connectivity index (χ1v) is 8.56. The molecule has 2 aromatic rings. The van der Waals surface area contributed by atoms with Crippen LogP contribution in [-0.4, -0.2) is 53.0 Å². The highest BCUT2D eigenvalue weighted by Gasteiger charge is 2.11. The fourth-order valence-corrected chi connectivity index (χ4v) is 2.35. The largest absolute Gasteiger partial charge is 0.497 e. The monoisotopic (exact) mass is 401 g/mol. The topological polar surface area (TPSA) is 107 Å². The number of hydrazone groups is 1. The Hall–Kier alpha value is -3.75. The number of amides is 2. The van der Waals surface area contributed by atoms with Crippen molar-refractivity contribution in [3.63, 3.8) is 0 Å². The van der Waals surface area contributed by atoms with Gasteiger partial charge in [-0.2, -0.15) is 5.10 Å². The SMILES string of the molecule is COc1cc(OC)cc(C(=O)NCC(=O)NN=Cc2ccc(OC)c(OC)c2)c1. The molecule has 0 radical (unpaired) electrons. The van der Waals surface area contributed by atoms with Crippen molar-refractivity contribution in [2.75, 3.05) is 35.0 Å². The summed E-state index contributed by atoms with van der Waals surface area (Å²) in [5.41, 5.74) is 3.36. The average molecular weight is 401 g/mol. The number of benzene rings is 2. The minimum Gasteiger partial charge on any atom is -0.497 e. The smallest absolute Gasteiger partial charge is 0.259 e. The molecule has 0 fully saturated rings. The molecule has 0 saturated heterocycles. The lowest BCUT2D eigenvalue weighted by Crippen LogP contribution is -2.34. The zero-order valence-corrected chi connectivity index (χ0v) is 16.6. The first-order valence-electron chi connectivity index (χ1n) is 8.56. The van der Waals surface area contributed by atoms with E-state index >= 15 is 0 Å². The number of nitrogens with one attached hydrogen (secondary N) is 2. The molecule has 2 aromatic carbocycles. The fraction of sp³-hybridized carbons (Fsp3) is 0.250. The second-order valence-corrected chi connectivity index (χ2v) is 5.69. The number of nitrogens with zero attached hydrogens (tertiary/aromatic N) is 1. The molecule has 0 heterocycles. The van der Waals surface area contributed by atoms with E-state index in [1.807, 2.05) is 0 Å². The van der Waals surface area contributed by atoms with E-state index in [-0.39, 0.29) is 6.54 Å². The zero-order chi connectivity index (χ0) is 21.2. The molecule has 154 valence electrons. The molecule has 0 spiro atoms. The molecule has 0 saturated carbocycles. The fourth-order valence-electron chi connectivity index (χ4n) is 2.35. The van der Waals surface area contributed by atoms with Crippen LogP contribution in [0.5, 0.6) is 23.0 Å². The predicted molar refractivity (Wildman–Crippen MR) is 107 cm³/mol. The number of hydrogen-bond acceptors (Lipinski definition) is 7. The highest BCUT2D eigenvalue weighted by atomic mass is 16.5. The summed E-state index contributed by atoms with van der Waals surface area (Å²) in [5, 5.41) is 6.38. The van der Waals surface area contributed by atoms with Crippen LogP contribution >= 0.6 is 0 Å². The highest BCUT2D eigenvalue weighted by Crippen LogP contribution is 2.26. The van der Waals surface area contributed by atoms with Gasteiger partial charge >= 0.3 is 0 Å². The van der Waals surface area contributed by atoms with Gasteiger partial charge in [0.25, 0.3) is 11.8 Å². The Bertz CT molecular complexity index is 876. The van der Waals surface area contributed by atoms with Crippen LogP contribution in [0.4, 0.5) is 0 Å². The molecule has 0 atom stereocenters. The number of hydrogen-bond donors (Lipinski definition) is 2. The Morgan fingerprint density at radius 3 is 2.14 bits per heavy atom. The molecule has 0 aliphatic heterocycles. The van der Waals surface area contributed by atoms with Crippen molar-refractivity contribution in [3.05, 3.63) is 47.5 Å². The molecular weight excluding hydrogens is 378 g/mol. The maximum atomic E-state index is 12.2. The number of rotatable bonds is 9. The van der Waals surface area contributed by atoms with Crippen molar-refractivity contribution in [2.45, 2.75) is 0 Å². The second kappa shape index (κ2) is 10.5. The molecule has 0 unspecified atom stereocenters. The quantitative estimate of drug-likeness (QED) is 0.488. The molecule has 0 aliphatic carbocycles. The van der Waals surface area contributed by atoms with E-state index in [4.69, 9.17) is 18.9 Å². The predicted octanol–water partition coefficient (Wildman–Crippen LogP) is 1.60. The summed E-state index contributed by atoms with van der Waals surface area (Å²) < 4.78 is 20.6. The zero-order valence-electron chi connectivity index (χ0n) is 16.6. The lowest BCUT2D eigenvalue weighted by atomic mass is 10.2. The summed E-state index contributed by atoms with van der Waals surface area (Å²) in [6, 6.07) is 9.94. The lowest BCUT2D eigenvalue weighted by Gasteiger charge is -2.09. The van der Waals surface area contributed by atoms with Crippen molar-refractivity contribution in [1.82, 2.24) is 10.7 Å².